The monoisotopic (exact) mass is 391 g/mol. The van der Waals surface area contributed by atoms with Gasteiger partial charge in [-0.05, 0) is 47.5 Å². The molecule has 2 rings (SSSR count). The largest absolute Gasteiger partial charge is 0.473 e. The Bertz CT molecular complexity index is 726. The molecule has 0 aromatic carbocycles. The fraction of sp³-hybridized carbons (Fsp3) is 0.600. The Balaban J connectivity index is 1.88. The molecule has 0 atom stereocenters. The molecular formula is C20H29N3O3S. The van der Waals surface area contributed by atoms with Crippen LogP contribution in [0.3, 0.4) is 0 Å². The Kier molecular flexibility index (Phi) is 6.90. The molecule has 148 valence electrons. The molecule has 6 nitrogen and oxygen atoms in total. The van der Waals surface area contributed by atoms with Crippen molar-refractivity contribution in [3.63, 3.8) is 0 Å². The molecule has 1 N–H and O–H groups in total. The molecule has 1 aliphatic rings. The minimum Gasteiger partial charge on any atom is -0.473 e. The van der Waals surface area contributed by atoms with E-state index in [1.165, 1.54) is 17.5 Å². The van der Waals surface area contributed by atoms with Crippen LogP contribution < -0.4 is 10.1 Å². The molecule has 1 aromatic heterocycles. The van der Waals surface area contributed by atoms with E-state index in [4.69, 9.17) is 15.9 Å². The van der Waals surface area contributed by atoms with E-state index in [1.807, 2.05) is 13.8 Å². The highest BCUT2D eigenvalue weighted by atomic mass is 32.1. The molecule has 27 heavy (non-hydrogen) atoms. The number of nitrogens with zero attached hydrogens (tertiary/aromatic N) is 2. The van der Waals surface area contributed by atoms with Gasteiger partial charge in [-0.1, -0.05) is 11.3 Å². The zero-order valence-corrected chi connectivity index (χ0v) is 17.6. The van der Waals surface area contributed by atoms with Crippen molar-refractivity contribution in [1.82, 2.24) is 15.2 Å². The van der Waals surface area contributed by atoms with Gasteiger partial charge in [-0.2, -0.15) is 0 Å². The summed E-state index contributed by atoms with van der Waals surface area (Å²) in [5, 5.41) is 3.27. The molecule has 1 aliphatic heterocycles. The van der Waals surface area contributed by atoms with Crippen molar-refractivity contribution in [2.75, 3.05) is 13.1 Å². The minimum atomic E-state index is -0.402. The quantitative estimate of drug-likeness (QED) is 0.436. The molecular weight excluding hydrogens is 362 g/mol. The van der Waals surface area contributed by atoms with Crippen LogP contribution in [-0.4, -0.2) is 40.1 Å². The topological polar surface area (TPSA) is 63.7 Å². The predicted octanol–water partition coefficient (Wildman–Crippen LogP) is 3.76. The van der Waals surface area contributed by atoms with Crippen molar-refractivity contribution >= 4 is 17.2 Å². The van der Waals surface area contributed by atoms with Crippen LogP contribution in [0.25, 0.3) is 0 Å². The van der Waals surface area contributed by atoms with Gasteiger partial charge in [0, 0.05) is 18.5 Å². The van der Waals surface area contributed by atoms with E-state index < -0.39 is 5.72 Å². The highest BCUT2D eigenvalue weighted by molar-refractivity contribution is 7.15. The highest BCUT2D eigenvalue weighted by Gasteiger charge is 2.43. The van der Waals surface area contributed by atoms with Crippen LogP contribution in [0, 0.1) is 12.3 Å². The molecule has 7 heteroatoms. The lowest BCUT2D eigenvalue weighted by atomic mass is 10.0. The van der Waals surface area contributed by atoms with Crippen LogP contribution in [-0.2, 0) is 4.74 Å². The summed E-state index contributed by atoms with van der Waals surface area (Å²) in [6.07, 6.45) is 10.8. The third-order valence-electron chi connectivity index (χ3n) is 4.19. The SMILES string of the molecule is C#CCCCCNC(=O)c1cnc(OC=C2CN(C(C)(C)C)C(C)(C)O2)s1. The molecule has 0 spiro atoms. The number of thiazole rings is 1. The summed E-state index contributed by atoms with van der Waals surface area (Å²) in [6.45, 7) is 11.8. The van der Waals surface area contributed by atoms with Gasteiger partial charge in [-0.25, -0.2) is 4.98 Å². The van der Waals surface area contributed by atoms with Gasteiger partial charge in [0.25, 0.3) is 11.1 Å². The molecule has 1 saturated heterocycles. The average molecular weight is 392 g/mol. The summed E-state index contributed by atoms with van der Waals surface area (Å²) in [6, 6.07) is 0. The van der Waals surface area contributed by atoms with Gasteiger partial charge < -0.3 is 14.8 Å². The van der Waals surface area contributed by atoms with Crippen molar-refractivity contribution in [1.29, 1.82) is 0 Å². The number of unbranched alkanes of at least 4 members (excludes halogenated alkanes) is 2. The van der Waals surface area contributed by atoms with Crippen molar-refractivity contribution in [2.45, 2.75) is 65.1 Å². The van der Waals surface area contributed by atoms with E-state index in [0.29, 0.717) is 23.2 Å². The summed E-state index contributed by atoms with van der Waals surface area (Å²) in [7, 11) is 0. The normalized spacial score (nSPS) is 18.1. The summed E-state index contributed by atoms with van der Waals surface area (Å²) in [5.74, 6) is 3.18. The lowest BCUT2D eigenvalue weighted by Crippen LogP contribution is -2.50. The third kappa shape index (κ3) is 5.98. The van der Waals surface area contributed by atoms with Gasteiger partial charge >= 0.3 is 0 Å². The van der Waals surface area contributed by atoms with Gasteiger partial charge in [-0.3, -0.25) is 9.69 Å². The number of hydrogen-bond donors (Lipinski definition) is 1. The molecule has 2 heterocycles. The number of rotatable bonds is 7. The van der Waals surface area contributed by atoms with Crippen LogP contribution >= 0.6 is 11.3 Å². The number of ether oxygens (including phenoxy) is 2. The summed E-state index contributed by atoms with van der Waals surface area (Å²) >= 11 is 1.21. The maximum Gasteiger partial charge on any atom is 0.278 e. The Hall–Kier alpha value is -2.04. The number of carbonyl (C=O) groups is 1. The molecule has 1 fully saturated rings. The van der Waals surface area contributed by atoms with Gasteiger partial charge in [0.05, 0.1) is 12.7 Å². The number of aromatic nitrogens is 1. The van der Waals surface area contributed by atoms with Crippen LogP contribution in [0.2, 0.25) is 0 Å². The van der Waals surface area contributed by atoms with Crippen molar-refractivity contribution in [3.05, 3.63) is 23.1 Å². The lowest BCUT2D eigenvalue weighted by Gasteiger charge is -2.39. The first-order valence-electron chi connectivity index (χ1n) is 9.13. The second-order valence-corrected chi connectivity index (χ2v) is 8.91. The number of carbonyl (C=O) groups excluding carboxylic acids is 1. The first-order valence-corrected chi connectivity index (χ1v) is 9.95. The zero-order chi connectivity index (χ0) is 20.1. The standard InChI is InChI=1S/C20H29N3O3S/c1-7-8-9-10-11-21-17(24)16-12-22-18(27-16)25-14-15-13-23(19(2,3)4)20(5,6)26-15/h1,12,14H,8-11,13H2,2-6H3,(H,21,24). The Labute approximate surface area is 165 Å². The first-order chi connectivity index (χ1) is 12.6. The van der Waals surface area contributed by atoms with Crippen LogP contribution in [0.15, 0.2) is 18.2 Å². The summed E-state index contributed by atoms with van der Waals surface area (Å²) in [5.41, 5.74) is -0.424. The second-order valence-electron chi connectivity index (χ2n) is 7.92. The number of nitrogens with one attached hydrogen (secondary N) is 1. The number of amides is 1. The maximum atomic E-state index is 12.1. The molecule has 0 unspecified atom stereocenters. The number of terminal acetylenes is 1. The lowest BCUT2D eigenvalue weighted by molar-refractivity contribution is -0.0735. The molecule has 0 radical (unpaired) electrons. The predicted molar refractivity (Wildman–Crippen MR) is 107 cm³/mol. The Morgan fingerprint density at radius 2 is 2.26 bits per heavy atom. The summed E-state index contributed by atoms with van der Waals surface area (Å²) in [4.78, 5) is 19.0. The van der Waals surface area contributed by atoms with Crippen LogP contribution in [0.5, 0.6) is 5.19 Å². The van der Waals surface area contributed by atoms with Crippen LogP contribution in [0.4, 0.5) is 0 Å². The molecule has 0 saturated carbocycles. The van der Waals surface area contributed by atoms with Crippen molar-refractivity contribution < 1.29 is 14.3 Å². The van der Waals surface area contributed by atoms with Gasteiger partial charge in [0.15, 0.2) is 5.72 Å². The van der Waals surface area contributed by atoms with E-state index >= 15 is 0 Å². The molecule has 0 aliphatic carbocycles. The summed E-state index contributed by atoms with van der Waals surface area (Å²) < 4.78 is 11.6. The van der Waals surface area contributed by atoms with Crippen molar-refractivity contribution in [2.24, 2.45) is 0 Å². The van der Waals surface area contributed by atoms with Gasteiger partial charge in [0.2, 0.25) is 0 Å². The smallest absolute Gasteiger partial charge is 0.278 e. The van der Waals surface area contributed by atoms with E-state index in [-0.39, 0.29) is 11.4 Å². The van der Waals surface area contributed by atoms with E-state index in [0.717, 1.165) is 25.0 Å². The Morgan fingerprint density at radius 3 is 2.89 bits per heavy atom. The van der Waals surface area contributed by atoms with E-state index in [1.54, 1.807) is 6.26 Å². The maximum absolute atomic E-state index is 12.1. The minimum absolute atomic E-state index is 0.0221. The first kappa shape index (κ1) is 21.3. The molecule has 1 amide bonds. The van der Waals surface area contributed by atoms with E-state index in [2.05, 4.69) is 41.9 Å². The highest BCUT2D eigenvalue weighted by Crippen LogP contribution is 2.35. The molecule has 0 bridgehead atoms. The van der Waals surface area contributed by atoms with Crippen LogP contribution in [0.1, 0.15) is 63.6 Å². The van der Waals surface area contributed by atoms with Gasteiger partial charge in [0.1, 0.15) is 16.9 Å². The fourth-order valence-corrected chi connectivity index (χ4v) is 3.70. The fourth-order valence-electron chi connectivity index (χ4n) is 3.04. The van der Waals surface area contributed by atoms with Crippen molar-refractivity contribution in [3.8, 4) is 17.5 Å². The number of hydrogen-bond acceptors (Lipinski definition) is 6. The third-order valence-corrected chi connectivity index (χ3v) is 5.07. The van der Waals surface area contributed by atoms with E-state index in [9.17, 15) is 4.79 Å². The second kappa shape index (κ2) is 8.77. The molecule has 1 aromatic rings. The zero-order valence-electron chi connectivity index (χ0n) is 16.8. The average Bonchev–Trinajstić information content (AvgIpc) is 3.16. The van der Waals surface area contributed by atoms with Gasteiger partial charge in [-0.15, -0.1) is 12.3 Å². The Morgan fingerprint density at radius 1 is 1.52 bits per heavy atom.